The summed E-state index contributed by atoms with van der Waals surface area (Å²) in [5.74, 6) is -0.316. The van der Waals surface area contributed by atoms with Crippen molar-refractivity contribution in [3.8, 4) is 0 Å². The Labute approximate surface area is 171 Å². The van der Waals surface area contributed by atoms with E-state index in [9.17, 15) is 13.2 Å². The molecule has 156 valence electrons. The molecule has 1 aromatic carbocycles. The first-order valence-electron chi connectivity index (χ1n) is 9.69. The molecule has 1 aromatic rings. The van der Waals surface area contributed by atoms with Crippen LogP contribution >= 0.6 is 11.6 Å². The van der Waals surface area contributed by atoms with E-state index in [2.05, 4.69) is 28.9 Å². The van der Waals surface area contributed by atoms with Gasteiger partial charge in [-0.15, -0.1) is 0 Å². The molecule has 1 saturated heterocycles. The molecule has 28 heavy (non-hydrogen) atoms. The zero-order valence-corrected chi connectivity index (χ0v) is 17.9. The Morgan fingerprint density at radius 1 is 1.36 bits per heavy atom. The van der Waals surface area contributed by atoms with E-state index in [0.29, 0.717) is 19.2 Å². The van der Waals surface area contributed by atoms with Crippen molar-refractivity contribution in [3.63, 3.8) is 0 Å². The minimum Gasteiger partial charge on any atom is -0.377 e. The van der Waals surface area contributed by atoms with E-state index in [1.807, 2.05) is 0 Å². The molecular weight excluding hydrogens is 402 g/mol. The maximum absolute atomic E-state index is 12.6. The van der Waals surface area contributed by atoms with Crippen LogP contribution < -0.4 is 10.0 Å². The molecule has 1 aliphatic heterocycles. The number of carbonyl (C=O) groups is 1. The highest BCUT2D eigenvalue weighted by molar-refractivity contribution is 7.89. The SMILES string of the molecule is CC(CNC(=O)c1ccc(Cl)c(S(=O)(=O)NCC2CCCO2)c1)N(C)C1CC1. The standard InChI is InChI=1S/C19H28ClN3O4S/c1-13(23(2)15-6-7-15)11-21-19(24)14-5-8-17(20)18(10-14)28(25,26)22-12-16-4-3-9-27-16/h5,8,10,13,15-16,22H,3-4,6-7,9,11-12H2,1-2H3,(H,21,24). The monoisotopic (exact) mass is 429 g/mol. The molecule has 2 fully saturated rings. The third-order valence-electron chi connectivity index (χ3n) is 5.38. The zero-order valence-electron chi connectivity index (χ0n) is 16.3. The second-order valence-electron chi connectivity index (χ2n) is 7.59. The second kappa shape index (κ2) is 9.09. The Morgan fingerprint density at radius 3 is 2.75 bits per heavy atom. The fraction of sp³-hybridized carbons (Fsp3) is 0.632. The zero-order chi connectivity index (χ0) is 20.3. The van der Waals surface area contributed by atoms with Crippen molar-refractivity contribution in [2.75, 3.05) is 26.7 Å². The predicted molar refractivity (Wildman–Crippen MR) is 108 cm³/mol. The van der Waals surface area contributed by atoms with E-state index < -0.39 is 10.0 Å². The molecule has 1 heterocycles. The largest absolute Gasteiger partial charge is 0.377 e. The minimum absolute atomic E-state index is 0.0817. The summed E-state index contributed by atoms with van der Waals surface area (Å²) in [7, 11) is -1.78. The molecule has 2 unspecified atom stereocenters. The third-order valence-corrected chi connectivity index (χ3v) is 7.29. The van der Waals surface area contributed by atoms with E-state index in [0.717, 1.165) is 12.8 Å². The van der Waals surface area contributed by atoms with Crippen LogP contribution in [0.3, 0.4) is 0 Å². The number of hydrogen-bond acceptors (Lipinski definition) is 5. The summed E-state index contributed by atoms with van der Waals surface area (Å²) in [6, 6.07) is 5.11. The summed E-state index contributed by atoms with van der Waals surface area (Å²) in [6.07, 6.45) is 4.03. The average Bonchev–Trinajstić information content (AvgIpc) is 3.39. The minimum atomic E-state index is -3.83. The van der Waals surface area contributed by atoms with Gasteiger partial charge in [0.2, 0.25) is 10.0 Å². The van der Waals surface area contributed by atoms with E-state index in [1.54, 1.807) is 0 Å². The fourth-order valence-corrected chi connectivity index (χ4v) is 4.85. The molecule has 9 heteroatoms. The lowest BCUT2D eigenvalue weighted by atomic mass is 10.2. The topological polar surface area (TPSA) is 87.7 Å². The predicted octanol–water partition coefficient (Wildman–Crippen LogP) is 2.01. The fourth-order valence-electron chi connectivity index (χ4n) is 3.26. The molecule has 2 atom stereocenters. The highest BCUT2D eigenvalue weighted by Gasteiger charge is 2.29. The number of carbonyl (C=O) groups excluding carboxylic acids is 1. The molecule has 0 bridgehead atoms. The number of benzene rings is 1. The Bertz CT molecular complexity index is 807. The Balaban J connectivity index is 1.63. The number of rotatable bonds is 9. The van der Waals surface area contributed by atoms with Gasteiger partial charge >= 0.3 is 0 Å². The first-order valence-corrected chi connectivity index (χ1v) is 11.5. The normalized spacial score (nSPS) is 21.1. The molecule has 0 aromatic heterocycles. The van der Waals surface area contributed by atoms with Crippen molar-refractivity contribution in [1.82, 2.24) is 14.9 Å². The van der Waals surface area contributed by atoms with Crippen molar-refractivity contribution in [3.05, 3.63) is 28.8 Å². The summed E-state index contributed by atoms with van der Waals surface area (Å²) in [4.78, 5) is 14.7. The van der Waals surface area contributed by atoms with Crippen molar-refractivity contribution in [2.24, 2.45) is 0 Å². The number of nitrogens with one attached hydrogen (secondary N) is 2. The van der Waals surface area contributed by atoms with Crippen LogP contribution in [0.5, 0.6) is 0 Å². The van der Waals surface area contributed by atoms with Crippen molar-refractivity contribution < 1.29 is 17.9 Å². The average molecular weight is 430 g/mol. The molecule has 3 rings (SSSR count). The lowest BCUT2D eigenvalue weighted by Crippen LogP contribution is -2.41. The van der Waals surface area contributed by atoms with Gasteiger partial charge in [-0.05, 0) is 57.9 Å². The van der Waals surface area contributed by atoms with Gasteiger partial charge in [0.05, 0.1) is 11.1 Å². The quantitative estimate of drug-likeness (QED) is 0.627. The number of hydrogen-bond donors (Lipinski definition) is 2. The van der Waals surface area contributed by atoms with E-state index in [-0.39, 0.29) is 40.1 Å². The van der Waals surface area contributed by atoms with Gasteiger partial charge in [-0.2, -0.15) is 0 Å². The maximum Gasteiger partial charge on any atom is 0.251 e. The Morgan fingerprint density at radius 2 is 2.11 bits per heavy atom. The van der Waals surface area contributed by atoms with Crippen LogP contribution in [0.25, 0.3) is 0 Å². The summed E-state index contributed by atoms with van der Waals surface area (Å²) < 4.78 is 33.2. The first-order chi connectivity index (χ1) is 13.3. The van der Waals surface area contributed by atoms with Gasteiger partial charge in [0.1, 0.15) is 4.90 Å². The molecule has 1 amide bonds. The van der Waals surface area contributed by atoms with Gasteiger partial charge in [0.25, 0.3) is 5.91 Å². The Kier molecular flexibility index (Phi) is 6.98. The highest BCUT2D eigenvalue weighted by Crippen LogP contribution is 2.27. The molecular formula is C19H28ClN3O4S. The van der Waals surface area contributed by atoms with Crippen molar-refractivity contribution in [1.29, 1.82) is 0 Å². The summed E-state index contributed by atoms with van der Waals surface area (Å²) in [5.41, 5.74) is 0.267. The summed E-state index contributed by atoms with van der Waals surface area (Å²) >= 11 is 6.10. The third kappa shape index (κ3) is 5.45. The van der Waals surface area contributed by atoms with Crippen LogP contribution in [-0.4, -0.2) is 64.2 Å². The number of amides is 1. The molecule has 2 aliphatic rings. The number of sulfonamides is 1. The van der Waals surface area contributed by atoms with Gasteiger partial charge in [-0.25, -0.2) is 13.1 Å². The number of nitrogens with zero attached hydrogens (tertiary/aromatic N) is 1. The van der Waals surface area contributed by atoms with E-state index in [4.69, 9.17) is 16.3 Å². The van der Waals surface area contributed by atoms with Crippen molar-refractivity contribution in [2.45, 2.75) is 55.7 Å². The summed E-state index contributed by atoms with van der Waals surface area (Å²) in [6.45, 7) is 3.40. The van der Waals surface area contributed by atoms with Crippen LogP contribution in [-0.2, 0) is 14.8 Å². The molecule has 0 radical (unpaired) electrons. The van der Waals surface area contributed by atoms with Crippen LogP contribution in [0.2, 0.25) is 5.02 Å². The Hall–Kier alpha value is -1.19. The van der Waals surface area contributed by atoms with Gasteiger partial charge in [-0.1, -0.05) is 11.6 Å². The lowest BCUT2D eigenvalue weighted by Gasteiger charge is -2.24. The van der Waals surface area contributed by atoms with Crippen LogP contribution in [0.15, 0.2) is 23.1 Å². The maximum atomic E-state index is 12.6. The molecule has 2 N–H and O–H groups in total. The van der Waals surface area contributed by atoms with Gasteiger partial charge < -0.3 is 10.1 Å². The van der Waals surface area contributed by atoms with E-state index in [1.165, 1.54) is 31.0 Å². The number of halogens is 1. The lowest BCUT2D eigenvalue weighted by molar-refractivity contribution is 0.0939. The second-order valence-corrected chi connectivity index (χ2v) is 9.73. The van der Waals surface area contributed by atoms with Crippen LogP contribution in [0, 0.1) is 0 Å². The van der Waals surface area contributed by atoms with Gasteiger partial charge in [0, 0.05) is 37.3 Å². The summed E-state index contributed by atoms with van der Waals surface area (Å²) in [5, 5.41) is 2.96. The van der Waals surface area contributed by atoms with Gasteiger partial charge in [0.15, 0.2) is 0 Å². The van der Waals surface area contributed by atoms with Crippen molar-refractivity contribution >= 4 is 27.5 Å². The molecule has 1 saturated carbocycles. The highest BCUT2D eigenvalue weighted by atomic mass is 35.5. The number of likely N-dealkylation sites (N-methyl/N-ethyl adjacent to an activating group) is 1. The smallest absolute Gasteiger partial charge is 0.251 e. The number of ether oxygens (including phenoxy) is 1. The molecule has 0 spiro atoms. The van der Waals surface area contributed by atoms with Gasteiger partial charge in [-0.3, -0.25) is 9.69 Å². The molecule has 1 aliphatic carbocycles. The van der Waals surface area contributed by atoms with Crippen LogP contribution in [0.4, 0.5) is 0 Å². The first kappa shape index (κ1) is 21.5. The van der Waals surface area contributed by atoms with Crippen LogP contribution in [0.1, 0.15) is 43.0 Å². The van der Waals surface area contributed by atoms with E-state index >= 15 is 0 Å². The molecule has 7 nitrogen and oxygen atoms in total.